The predicted octanol–water partition coefficient (Wildman–Crippen LogP) is 6.54. The normalized spacial score (nSPS) is 16.0. The first-order valence-electron chi connectivity index (χ1n) is 41.5. The van der Waals surface area contributed by atoms with Crippen LogP contribution in [0.4, 0.5) is 14.4 Å². The quantitative estimate of drug-likeness (QED) is 0.0132. The van der Waals surface area contributed by atoms with Crippen LogP contribution in [0.5, 0.6) is 0 Å². The van der Waals surface area contributed by atoms with Crippen LogP contribution in [-0.2, 0) is 97.3 Å². The molecule has 4 aromatic rings. The maximum atomic E-state index is 14.6. The number of likely N-dealkylation sites (tertiary alicyclic amines) is 2. The van der Waals surface area contributed by atoms with Crippen LogP contribution in [-0.4, -0.2) is 217 Å². The molecule has 8 atom stereocenters. The van der Waals surface area contributed by atoms with Gasteiger partial charge in [0, 0.05) is 52.0 Å². The summed E-state index contributed by atoms with van der Waals surface area (Å²) in [6.45, 7) is 27.2. The number of hydrogen-bond donors (Lipinski definition) is 12. The van der Waals surface area contributed by atoms with E-state index in [1.165, 1.54) is 19.1 Å². The van der Waals surface area contributed by atoms with Crippen molar-refractivity contribution < 1.29 is 86.0 Å². The lowest BCUT2D eigenvalue weighted by Crippen LogP contribution is -2.64. The molecule has 0 spiro atoms. The van der Waals surface area contributed by atoms with Crippen molar-refractivity contribution in [3.8, 4) is 0 Å². The van der Waals surface area contributed by atoms with E-state index in [-0.39, 0.29) is 96.4 Å². The van der Waals surface area contributed by atoms with Crippen molar-refractivity contribution in [3.63, 3.8) is 0 Å². The monoisotopic (exact) mass is 1690 g/mol. The van der Waals surface area contributed by atoms with Crippen LogP contribution in [0.2, 0.25) is 0 Å². The second-order valence-corrected chi connectivity index (χ2v) is 36.1. The third kappa shape index (κ3) is 34.7. The van der Waals surface area contributed by atoms with Gasteiger partial charge in [-0.15, -0.1) is 0 Å². The summed E-state index contributed by atoms with van der Waals surface area (Å²) in [6.07, 6.45) is 1.19. The number of alkyl carbamates (subject to hydrolysis) is 3. The molecule has 11 amide bonds. The van der Waals surface area contributed by atoms with Crippen molar-refractivity contribution in [1.82, 2.24) is 57.7 Å². The van der Waals surface area contributed by atoms with Crippen LogP contribution in [0.15, 0.2) is 121 Å². The molecule has 6 rings (SSSR count). The molecular formula is C89H134N14O18. The predicted molar refractivity (Wildman–Crippen MR) is 458 cm³/mol. The Kier molecular flexibility index (Phi) is 38.6. The Morgan fingerprint density at radius 1 is 0.388 bits per heavy atom. The molecule has 121 heavy (non-hydrogen) atoms. The van der Waals surface area contributed by atoms with E-state index in [9.17, 15) is 62.3 Å². The molecule has 2 fully saturated rings. The summed E-state index contributed by atoms with van der Waals surface area (Å²) in [6, 6.07) is 27.9. The van der Waals surface area contributed by atoms with Gasteiger partial charge in [-0.1, -0.05) is 163 Å². The fourth-order valence-corrected chi connectivity index (χ4v) is 13.6. The molecular weight excluding hydrogens is 1550 g/mol. The minimum absolute atomic E-state index is 0.00461. The third-order valence-electron chi connectivity index (χ3n) is 20.2. The Bertz CT molecular complexity index is 4050. The smallest absolute Gasteiger partial charge is 0.408 e. The van der Waals surface area contributed by atoms with Crippen molar-refractivity contribution in [3.05, 3.63) is 144 Å². The molecule has 2 aliphatic heterocycles. The molecule has 15 N–H and O–H groups in total. The number of nitrogens with two attached hydrogens (primary N) is 3. The van der Waals surface area contributed by atoms with E-state index >= 15 is 0 Å². The Labute approximate surface area is 712 Å². The Morgan fingerprint density at radius 2 is 0.719 bits per heavy atom. The van der Waals surface area contributed by atoms with Crippen LogP contribution in [0, 0.1) is 10.8 Å². The number of carbonyl (C=O) groups is 13. The number of rotatable bonds is 35. The van der Waals surface area contributed by atoms with Crippen LogP contribution in [0.1, 0.15) is 190 Å². The topological polar surface area (TPSA) is 461 Å². The summed E-state index contributed by atoms with van der Waals surface area (Å²) in [4.78, 5) is 180. The van der Waals surface area contributed by atoms with Gasteiger partial charge in [-0.2, -0.15) is 0 Å². The molecule has 0 unspecified atom stereocenters. The fraction of sp³-hybridized carbons (Fsp3) is 0.584. The highest BCUT2D eigenvalue weighted by atomic mass is 16.6. The molecule has 0 saturated carbocycles. The summed E-state index contributed by atoms with van der Waals surface area (Å²) in [5, 5.41) is 25.2. The number of benzene rings is 4. The maximum Gasteiger partial charge on any atom is 0.408 e. The molecule has 32 nitrogen and oxygen atoms in total. The zero-order valence-corrected chi connectivity index (χ0v) is 73.8. The van der Waals surface area contributed by atoms with Crippen molar-refractivity contribution in [2.24, 2.45) is 28.0 Å². The van der Waals surface area contributed by atoms with Gasteiger partial charge in [0.2, 0.25) is 47.3 Å². The zero-order chi connectivity index (χ0) is 90.3. The lowest BCUT2D eigenvalue weighted by molar-refractivity contribution is -0.153. The number of nitrogens with one attached hydrogen (secondary N) is 9. The number of unbranched alkanes of at least 4 members (excludes halogenated alkanes) is 2. The average Bonchev–Trinajstić information content (AvgIpc) is 0.797. The summed E-state index contributed by atoms with van der Waals surface area (Å²) in [5.41, 5.74) is 14.6. The standard InChI is InChI=1S/C52H79N7O12.C37H55N7O6/c1-48(2,3)39(57-41(61)37(32-34-22-16-14-17-23-34)55-40(60)38(33-35-24-18-15-19-25-35)56-46(66)70-50(7,8)9)42(62)54-36(26-20-21-29-53-45(65)69-49(4,5)6)43(63)59-30-27-52(28-31-59,44(64)68-13)58-47(67)71-51(10,11)12;1-36(2,3)30(33(47)41-28(17-11-12-20-38)34(48)44-21-18-37(40,19-22-44)35(49)50-4)43-32(46)29(24-26-15-9-6-10-16-26)42-31(45)27(39)23-25-13-7-5-8-14-25/h14-19,22-25,36-39H,20-21,26-33H2,1-13H3,(H,53,65)(H,54,62)(H,55,60)(H,56,66)(H,57,61)(H,58,67);5-10,13-16,27-30H,11-12,17-24,38-40H2,1-4H3,(H,41,47)(H,42,45)(H,43,46)/t36-,37-,38-,39+;27-,28-,29-,30+/m11/s1. The van der Waals surface area contributed by atoms with Crippen LogP contribution in [0.25, 0.3) is 0 Å². The van der Waals surface area contributed by atoms with E-state index in [1.807, 2.05) is 106 Å². The SMILES string of the molecule is COC(=O)C1(N)CCN(C(=O)[C@@H](CCCCN)NC(=O)[C@H](NC(=O)[C@@H](Cc2ccccc2)NC(=O)[C@H](N)Cc2ccccc2)C(C)(C)C)CC1.COC(=O)C1(NC(=O)OC(C)(C)C)CCN(C(=O)[C@@H](CCCCNC(=O)OC(C)(C)C)NC(=O)[C@H](NC(=O)[C@@H](Cc2ccccc2)NC(=O)[C@@H](Cc2ccccc2)NC(=O)OC(C)(C)C)C(C)(C)C)CC1. The van der Waals surface area contributed by atoms with E-state index in [1.54, 1.807) is 124 Å². The first-order chi connectivity index (χ1) is 56.6. The molecule has 32 heteroatoms. The molecule has 0 bridgehead atoms. The zero-order valence-electron chi connectivity index (χ0n) is 73.8. The van der Waals surface area contributed by atoms with Crippen molar-refractivity contribution in [1.29, 1.82) is 0 Å². The highest BCUT2D eigenvalue weighted by Crippen LogP contribution is 2.29. The van der Waals surface area contributed by atoms with Gasteiger partial charge in [0.25, 0.3) is 0 Å². The highest BCUT2D eigenvalue weighted by Gasteiger charge is 2.48. The maximum absolute atomic E-state index is 14.6. The van der Waals surface area contributed by atoms with Gasteiger partial charge in [-0.05, 0) is 173 Å². The van der Waals surface area contributed by atoms with Crippen molar-refractivity contribution >= 4 is 77.5 Å². The number of ether oxygens (including phenoxy) is 5. The number of piperidine rings is 2. The van der Waals surface area contributed by atoms with E-state index in [2.05, 4.69) is 47.9 Å². The number of hydrogen-bond acceptors (Lipinski definition) is 21. The molecule has 0 radical (unpaired) electrons. The Balaban J connectivity index is 0.000000457. The lowest BCUT2D eigenvalue weighted by Gasteiger charge is -2.41. The molecule has 2 heterocycles. The molecule has 0 aliphatic carbocycles. The molecule has 4 aromatic carbocycles. The molecule has 0 aromatic heterocycles. The van der Waals surface area contributed by atoms with E-state index in [0.717, 1.165) is 16.7 Å². The molecule has 668 valence electrons. The van der Waals surface area contributed by atoms with Crippen LogP contribution in [0.3, 0.4) is 0 Å². The second kappa shape index (κ2) is 46.3. The van der Waals surface area contributed by atoms with Gasteiger partial charge >= 0.3 is 30.2 Å². The average molecular weight is 1690 g/mol. The summed E-state index contributed by atoms with van der Waals surface area (Å²) >= 11 is 0. The number of methoxy groups -OCH3 is 2. The number of nitrogens with zero attached hydrogens (tertiary/aromatic N) is 2. The van der Waals surface area contributed by atoms with Gasteiger partial charge in [0.05, 0.1) is 20.3 Å². The summed E-state index contributed by atoms with van der Waals surface area (Å²) in [7, 11) is 2.48. The van der Waals surface area contributed by atoms with E-state index in [4.69, 9.17) is 40.9 Å². The largest absolute Gasteiger partial charge is 0.468 e. The van der Waals surface area contributed by atoms with Crippen LogP contribution < -0.4 is 65.1 Å². The number of carbonyl (C=O) groups excluding carboxylic acids is 13. The van der Waals surface area contributed by atoms with Crippen molar-refractivity contribution in [2.75, 3.05) is 53.5 Å². The summed E-state index contributed by atoms with van der Waals surface area (Å²) in [5.74, 6) is -5.64. The first-order valence-corrected chi connectivity index (χ1v) is 41.5. The van der Waals surface area contributed by atoms with E-state index in [0.29, 0.717) is 44.2 Å². The minimum Gasteiger partial charge on any atom is -0.468 e. The molecule has 2 aliphatic rings. The van der Waals surface area contributed by atoms with E-state index < -0.39 is 159 Å². The van der Waals surface area contributed by atoms with Gasteiger partial charge in [0.1, 0.15) is 70.2 Å². The van der Waals surface area contributed by atoms with Gasteiger partial charge < -0.3 is 98.5 Å². The number of esters is 2. The Hall–Kier alpha value is -10.7. The first kappa shape index (κ1) is 101. The second-order valence-electron chi connectivity index (χ2n) is 36.1. The van der Waals surface area contributed by atoms with Gasteiger partial charge in [0.15, 0.2) is 0 Å². The van der Waals surface area contributed by atoms with Gasteiger partial charge in [-0.3, -0.25) is 43.2 Å². The van der Waals surface area contributed by atoms with Gasteiger partial charge in [-0.25, -0.2) is 19.2 Å². The Morgan fingerprint density at radius 3 is 1.09 bits per heavy atom. The van der Waals surface area contributed by atoms with Crippen LogP contribution >= 0.6 is 0 Å². The third-order valence-corrected chi connectivity index (χ3v) is 20.2. The number of amides is 11. The highest BCUT2D eigenvalue weighted by molar-refractivity contribution is 5.98. The lowest BCUT2D eigenvalue weighted by atomic mass is 9.85. The fourth-order valence-electron chi connectivity index (χ4n) is 13.6. The van der Waals surface area contributed by atoms with Crippen molar-refractivity contribution in [2.45, 2.75) is 270 Å². The summed E-state index contributed by atoms with van der Waals surface area (Å²) < 4.78 is 26.2. The minimum atomic E-state index is -1.49. The molecule has 2 saturated heterocycles.